The molecule has 102 valence electrons. The molecule has 2 fully saturated rings. The van der Waals surface area contributed by atoms with Crippen molar-refractivity contribution in [2.45, 2.75) is 43.9 Å². The summed E-state index contributed by atoms with van der Waals surface area (Å²) in [7, 11) is 1.77. The zero-order chi connectivity index (χ0) is 13.0. The number of hydrogen-bond donors (Lipinski definition) is 1. The summed E-state index contributed by atoms with van der Waals surface area (Å²) in [5.74, 6) is 0.365. The predicted octanol–water partition coefficient (Wildman–Crippen LogP) is 1.51. The molecule has 18 heavy (non-hydrogen) atoms. The highest BCUT2D eigenvalue weighted by Gasteiger charge is 2.33. The highest BCUT2D eigenvalue weighted by molar-refractivity contribution is 8.15. The normalized spacial score (nSPS) is 31.6. The maximum Gasteiger partial charge on any atom is 0.157 e. The maximum absolute atomic E-state index is 12.2. The Bertz CT molecular complexity index is 326. The van der Waals surface area contributed by atoms with Gasteiger partial charge in [-0.15, -0.1) is 0 Å². The predicted molar refractivity (Wildman–Crippen MR) is 77.3 cm³/mol. The molecule has 5 heteroatoms. The number of amidine groups is 1. The second-order valence-corrected chi connectivity index (χ2v) is 6.25. The van der Waals surface area contributed by atoms with Gasteiger partial charge in [-0.3, -0.25) is 9.79 Å². The number of hydrogen-bond acceptors (Lipinski definition) is 4. The van der Waals surface area contributed by atoms with Crippen LogP contribution >= 0.6 is 11.8 Å². The zero-order valence-electron chi connectivity index (χ0n) is 11.3. The molecule has 0 saturated carbocycles. The number of carbonyl (C=O) groups is 1. The molecule has 0 aromatic rings. The van der Waals surface area contributed by atoms with Crippen molar-refractivity contribution in [3.63, 3.8) is 0 Å². The van der Waals surface area contributed by atoms with E-state index in [0.29, 0.717) is 12.2 Å². The first-order valence-electron chi connectivity index (χ1n) is 6.86. The molecule has 4 nitrogen and oxygen atoms in total. The molecule has 2 rings (SSSR count). The van der Waals surface area contributed by atoms with Gasteiger partial charge in [0, 0.05) is 26.1 Å². The summed E-state index contributed by atoms with van der Waals surface area (Å²) in [6.45, 7) is 5.33. The molecule has 2 heterocycles. The summed E-state index contributed by atoms with van der Waals surface area (Å²) in [4.78, 5) is 18.8. The van der Waals surface area contributed by atoms with Gasteiger partial charge in [-0.1, -0.05) is 18.2 Å². The van der Waals surface area contributed by atoms with Crippen molar-refractivity contribution in [2.75, 3.05) is 26.7 Å². The van der Waals surface area contributed by atoms with Gasteiger partial charge in [-0.2, -0.15) is 0 Å². The van der Waals surface area contributed by atoms with E-state index in [1.807, 2.05) is 0 Å². The molecular formula is C13H23N3OS. The van der Waals surface area contributed by atoms with Crippen LogP contribution in [0.1, 0.15) is 32.6 Å². The molecule has 0 aromatic carbocycles. The van der Waals surface area contributed by atoms with Crippen LogP contribution in [0.4, 0.5) is 0 Å². The molecule has 0 radical (unpaired) electrons. The summed E-state index contributed by atoms with van der Waals surface area (Å²) >= 11 is 1.58. The van der Waals surface area contributed by atoms with Crippen LogP contribution in [0.15, 0.2) is 4.99 Å². The number of aliphatic imine (C=N–C) groups is 1. The van der Waals surface area contributed by atoms with Gasteiger partial charge < -0.3 is 10.2 Å². The summed E-state index contributed by atoms with van der Waals surface area (Å²) in [6.07, 6.45) is 4.61. The van der Waals surface area contributed by atoms with Gasteiger partial charge >= 0.3 is 0 Å². The third-order valence-electron chi connectivity index (χ3n) is 3.69. The van der Waals surface area contributed by atoms with Crippen LogP contribution < -0.4 is 5.32 Å². The molecule has 0 spiro atoms. The quantitative estimate of drug-likeness (QED) is 0.840. The van der Waals surface area contributed by atoms with Crippen LogP contribution in [0.2, 0.25) is 0 Å². The molecular weight excluding hydrogens is 246 g/mol. The number of nitrogens with one attached hydrogen (secondary N) is 1. The third kappa shape index (κ3) is 3.48. The number of piperidine rings is 1. The Balaban J connectivity index is 1.77. The Morgan fingerprint density at radius 2 is 2.17 bits per heavy atom. The van der Waals surface area contributed by atoms with E-state index >= 15 is 0 Å². The van der Waals surface area contributed by atoms with Gasteiger partial charge in [0.05, 0.1) is 5.25 Å². The van der Waals surface area contributed by atoms with E-state index in [0.717, 1.165) is 11.7 Å². The Morgan fingerprint density at radius 1 is 1.44 bits per heavy atom. The Hall–Kier alpha value is -0.550. The van der Waals surface area contributed by atoms with Crippen molar-refractivity contribution in [1.29, 1.82) is 0 Å². The summed E-state index contributed by atoms with van der Waals surface area (Å²) in [5.41, 5.74) is 0. The molecule has 0 aliphatic carbocycles. The molecule has 2 aliphatic rings. The van der Waals surface area contributed by atoms with Crippen molar-refractivity contribution in [3.8, 4) is 0 Å². The molecule has 2 aliphatic heterocycles. The lowest BCUT2D eigenvalue weighted by molar-refractivity contribution is -0.119. The van der Waals surface area contributed by atoms with E-state index in [4.69, 9.17) is 0 Å². The Morgan fingerprint density at radius 3 is 2.78 bits per heavy atom. The van der Waals surface area contributed by atoms with Crippen molar-refractivity contribution in [3.05, 3.63) is 0 Å². The number of nitrogens with zero attached hydrogens (tertiary/aromatic N) is 2. The van der Waals surface area contributed by atoms with E-state index in [-0.39, 0.29) is 11.3 Å². The lowest BCUT2D eigenvalue weighted by Gasteiger charge is -2.26. The molecule has 2 unspecified atom stereocenters. The first-order chi connectivity index (χ1) is 8.70. The number of carbonyl (C=O) groups excluding carboxylic acids is 1. The van der Waals surface area contributed by atoms with Crippen molar-refractivity contribution in [1.82, 2.24) is 10.2 Å². The average Bonchev–Trinajstić information content (AvgIpc) is 2.78. The monoisotopic (exact) mass is 269 g/mol. The SMILES string of the molecule is CN=C1NC(C)C(C(=O)CCN2CCCCC2)S1. The van der Waals surface area contributed by atoms with E-state index < -0.39 is 0 Å². The number of rotatable bonds is 4. The fourth-order valence-electron chi connectivity index (χ4n) is 2.58. The van der Waals surface area contributed by atoms with Crippen molar-refractivity contribution >= 4 is 22.7 Å². The number of thioether (sulfide) groups is 1. The fraction of sp³-hybridized carbons (Fsp3) is 0.846. The topological polar surface area (TPSA) is 44.7 Å². The molecule has 0 bridgehead atoms. The summed E-state index contributed by atoms with van der Waals surface area (Å²) in [5, 5.41) is 4.20. The van der Waals surface area contributed by atoms with Crippen LogP contribution in [0.25, 0.3) is 0 Å². The van der Waals surface area contributed by atoms with Crippen LogP contribution in [0, 0.1) is 0 Å². The summed E-state index contributed by atoms with van der Waals surface area (Å²) < 4.78 is 0. The Labute approximate surface area is 114 Å². The summed E-state index contributed by atoms with van der Waals surface area (Å²) in [6, 6.07) is 0.211. The van der Waals surface area contributed by atoms with Crippen LogP contribution in [-0.2, 0) is 4.79 Å². The second kappa shape index (κ2) is 6.57. The lowest BCUT2D eigenvalue weighted by Crippen LogP contribution is -2.36. The van der Waals surface area contributed by atoms with Crippen molar-refractivity contribution < 1.29 is 4.79 Å². The number of ketones is 1. The number of Topliss-reactive ketones (excluding diaryl/α,β-unsaturated/α-hetero) is 1. The van der Waals surface area contributed by atoms with E-state index in [9.17, 15) is 4.79 Å². The van der Waals surface area contributed by atoms with Crippen LogP contribution in [-0.4, -0.2) is 53.8 Å². The molecule has 0 aromatic heterocycles. The third-order valence-corrected chi connectivity index (χ3v) is 5.14. The number of likely N-dealkylation sites (tertiary alicyclic amines) is 1. The van der Waals surface area contributed by atoms with E-state index in [1.165, 1.54) is 32.4 Å². The van der Waals surface area contributed by atoms with Crippen molar-refractivity contribution in [2.24, 2.45) is 4.99 Å². The standard InChI is InChI=1S/C13H23N3OS/c1-10-12(18-13(14-2)15-10)11(17)6-9-16-7-4-3-5-8-16/h10,12H,3-9H2,1-2H3,(H,14,15). The van der Waals surface area contributed by atoms with Gasteiger partial charge in [0.15, 0.2) is 5.17 Å². The fourth-order valence-corrected chi connectivity index (χ4v) is 3.70. The second-order valence-electron chi connectivity index (χ2n) is 5.12. The lowest BCUT2D eigenvalue weighted by atomic mass is 10.1. The van der Waals surface area contributed by atoms with Crippen LogP contribution in [0.5, 0.6) is 0 Å². The highest BCUT2D eigenvalue weighted by Crippen LogP contribution is 2.25. The van der Waals surface area contributed by atoms with Gasteiger partial charge in [0.25, 0.3) is 0 Å². The van der Waals surface area contributed by atoms with Gasteiger partial charge in [-0.05, 0) is 32.9 Å². The van der Waals surface area contributed by atoms with Gasteiger partial charge in [-0.25, -0.2) is 0 Å². The minimum absolute atomic E-state index is 0.0495. The first-order valence-corrected chi connectivity index (χ1v) is 7.73. The molecule has 1 N–H and O–H groups in total. The smallest absolute Gasteiger partial charge is 0.157 e. The van der Waals surface area contributed by atoms with Gasteiger partial charge in [0.2, 0.25) is 0 Å². The maximum atomic E-state index is 12.2. The molecule has 0 amide bonds. The largest absolute Gasteiger partial charge is 0.361 e. The zero-order valence-corrected chi connectivity index (χ0v) is 12.1. The highest BCUT2D eigenvalue weighted by atomic mass is 32.2. The van der Waals surface area contributed by atoms with E-state index in [2.05, 4.69) is 22.1 Å². The molecule has 2 saturated heterocycles. The van der Waals surface area contributed by atoms with E-state index in [1.54, 1.807) is 18.8 Å². The van der Waals surface area contributed by atoms with Gasteiger partial charge in [0.1, 0.15) is 5.78 Å². The minimum Gasteiger partial charge on any atom is -0.361 e. The minimum atomic E-state index is 0.0495. The molecule has 2 atom stereocenters. The Kier molecular flexibility index (Phi) is 5.06. The van der Waals surface area contributed by atoms with Crippen LogP contribution in [0.3, 0.4) is 0 Å². The average molecular weight is 269 g/mol. The first kappa shape index (κ1) is 13.9.